The Labute approximate surface area is 86.2 Å². The largest absolute Gasteiger partial charge is 0.429 e. The third-order valence-electron chi connectivity index (χ3n) is 2.41. The predicted molar refractivity (Wildman–Crippen MR) is 56.8 cm³/mol. The molecule has 0 aliphatic heterocycles. The molecule has 3 nitrogen and oxygen atoms in total. The summed E-state index contributed by atoms with van der Waals surface area (Å²) >= 11 is 0. The molecule has 0 spiro atoms. The van der Waals surface area contributed by atoms with Crippen molar-refractivity contribution in [3.8, 4) is 12.3 Å². The van der Waals surface area contributed by atoms with E-state index in [4.69, 9.17) is 11.2 Å². The van der Waals surface area contributed by atoms with Crippen LogP contribution in [0.5, 0.6) is 0 Å². The molecule has 0 aliphatic carbocycles. The van der Waals surface area contributed by atoms with Crippen LogP contribution in [0.2, 0.25) is 0 Å². The fraction of sp³-hybridized carbons (Fsp3) is 0.727. The van der Waals surface area contributed by atoms with Gasteiger partial charge in [-0.1, -0.05) is 33.6 Å². The summed E-state index contributed by atoms with van der Waals surface area (Å²) in [5.41, 5.74) is -0.819. The summed E-state index contributed by atoms with van der Waals surface area (Å²) < 4.78 is 5.27. The second-order valence-corrected chi connectivity index (χ2v) is 3.89. The molecule has 0 saturated carbocycles. The predicted octanol–water partition coefficient (Wildman–Crippen LogP) is 2.03. The van der Waals surface area contributed by atoms with Crippen molar-refractivity contribution in [2.75, 3.05) is 7.05 Å². The lowest BCUT2D eigenvalue weighted by molar-refractivity contribution is -0.0113. The zero-order valence-corrected chi connectivity index (χ0v) is 9.55. The van der Waals surface area contributed by atoms with E-state index in [0.29, 0.717) is 0 Å². The van der Waals surface area contributed by atoms with Gasteiger partial charge in [-0.3, -0.25) is 0 Å². The molecule has 0 atom stereocenters. The van der Waals surface area contributed by atoms with Gasteiger partial charge in [0.25, 0.3) is 0 Å². The molecule has 0 aliphatic rings. The first-order valence-electron chi connectivity index (χ1n) is 4.79. The molecule has 0 aromatic carbocycles. The number of rotatable bonds is 3. The fourth-order valence-electron chi connectivity index (χ4n) is 1.47. The van der Waals surface area contributed by atoms with Crippen molar-refractivity contribution in [2.24, 2.45) is 11.8 Å². The van der Waals surface area contributed by atoms with Gasteiger partial charge in [0.1, 0.15) is 0 Å². The van der Waals surface area contributed by atoms with Gasteiger partial charge in [0.05, 0.1) is 0 Å². The number of nitrogens with one attached hydrogen (secondary N) is 1. The molecule has 0 aromatic heterocycles. The summed E-state index contributed by atoms with van der Waals surface area (Å²) in [6.45, 7) is 7.79. The number of alkyl carbamates (subject to hydrolysis) is 1. The molecule has 0 bridgehead atoms. The van der Waals surface area contributed by atoms with Crippen molar-refractivity contribution in [2.45, 2.75) is 33.3 Å². The summed E-state index contributed by atoms with van der Waals surface area (Å²) in [6, 6.07) is 0. The zero-order chi connectivity index (χ0) is 11.4. The molecule has 3 heteroatoms. The molecule has 1 amide bonds. The minimum absolute atomic E-state index is 0.0878. The smallest absolute Gasteiger partial charge is 0.408 e. The Morgan fingerprint density at radius 3 is 2.00 bits per heavy atom. The lowest BCUT2D eigenvalue weighted by Gasteiger charge is -2.35. The Morgan fingerprint density at radius 2 is 1.79 bits per heavy atom. The minimum atomic E-state index is -0.819. The summed E-state index contributed by atoms with van der Waals surface area (Å²) in [4.78, 5) is 11.2. The van der Waals surface area contributed by atoms with Crippen LogP contribution in [0.25, 0.3) is 0 Å². The van der Waals surface area contributed by atoms with Crippen LogP contribution in [0.1, 0.15) is 27.7 Å². The molecule has 0 fully saturated rings. The fourth-order valence-corrected chi connectivity index (χ4v) is 1.47. The second kappa shape index (κ2) is 4.90. The van der Waals surface area contributed by atoms with Crippen LogP contribution in [0, 0.1) is 24.2 Å². The maximum atomic E-state index is 11.2. The summed E-state index contributed by atoms with van der Waals surface area (Å²) in [7, 11) is 1.52. The van der Waals surface area contributed by atoms with Crippen molar-refractivity contribution in [1.29, 1.82) is 0 Å². The zero-order valence-electron chi connectivity index (χ0n) is 9.55. The monoisotopic (exact) mass is 197 g/mol. The van der Waals surface area contributed by atoms with Gasteiger partial charge in [-0.2, -0.15) is 0 Å². The highest BCUT2D eigenvalue weighted by Gasteiger charge is 2.39. The number of hydrogen-bond acceptors (Lipinski definition) is 2. The van der Waals surface area contributed by atoms with Gasteiger partial charge in [-0.05, 0) is 0 Å². The van der Waals surface area contributed by atoms with Gasteiger partial charge in [0.15, 0.2) is 5.60 Å². The average molecular weight is 197 g/mol. The maximum Gasteiger partial charge on any atom is 0.408 e. The van der Waals surface area contributed by atoms with E-state index in [1.807, 2.05) is 27.7 Å². The van der Waals surface area contributed by atoms with E-state index < -0.39 is 11.7 Å². The number of carbonyl (C=O) groups is 1. The van der Waals surface area contributed by atoms with Crippen LogP contribution in [0.15, 0.2) is 0 Å². The lowest BCUT2D eigenvalue weighted by atomic mass is 9.81. The molecule has 0 aromatic rings. The van der Waals surface area contributed by atoms with Crippen molar-refractivity contribution >= 4 is 6.09 Å². The summed E-state index contributed by atoms with van der Waals surface area (Å²) in [5.74, 6) is 2.77. The molecular formula is C11H19NO2. The van der Waals surface area contributed by atoms with E-state index in [1.54, 1.807) is 0 Å². The lowest BCUT2D eigenvalue weighted by Crippen LogP contribution is -2.45. The van der Waals surface area contributed by atoms with Crippen molar-refractivity contribution in [1.82, 2.24) is 5.32 Å². The molecule has 14 heavy (non-hydrogen) atoms. The SMILES string of the molecule is C#CC(OC(=O)NC)(C(C)C)C(C)C. The molecule has 0 saturated heterocycles. The van der Waals surface area contributed by atoms with Crippen LogP contribution in [0.4, 0.5) is 4.79 Å². The molecular weight excluding hydrogens is 178 g/mol. The van der Waals surface area contributed by atoms with Gasteiger partial charge >= 0.3 is 6.09 Å². The first-order valence-corrected chi connectivity index (χ1v) is 4.79. The molecule has 0 rings (SSSR count). The van der Waals surface area contributed by atoms with Gasteiger partial charge in [-0.25, -0.2) is 4.79 Å². The third kappa shape index (κ3) is 2.41. The highest BCUT2D eigenvalue weighted by Crippen LogP contribution is 2.29. The minimum Gasteiger partial charge on any atom is -0.429 e. The van der Waals surface area contributed by atoms with Crippen LogP contribution >= 0.6 is 0 Å². The number of terminal acetylenes is 1. The Hall–Kier alpha value is -1.17. The number of amides is 1. The Kier molecular flexibility index (Phi) is 4.49. The first kappa shape index (κ1) is 12.8. The maximum absolute atomic E-state index is 11.2. The van der Waals surface area contributed by atoms with Crippen LogP contribution in [0.3, 0.4) is 0 Å². The van der Waals surface area contributed by atoms with E-state index in [1.165, 1.54) is 7.05 Å². The number of hydrogen-bond donors (Lipinski definition) is 1. The summed E-state index contributed by atoms with van der Waals surface area (Å²) in [5, 5.41) is 2.41. The Bertz CT molecular complexity index is 230. The van der Waals surface area contributed by atoms with E-state index >= 15 is 0 Å². The number of carbonyl (C=O) groups excluding carboxylic acids is 1. The van der Waals surface area contributed by atoms with Gasteiger partial charge in [0.2, 0.25) is 0 Å². The normalized spacial score (nSPS) is 11.3. The van der Waals surface area contributed by atoms with E-state index in [-0.39, 0.29) is 11.8 Å². The van der Waals surface area contributed by atoms with Gasteiger partial charge in [-0.15, -0.1) is 6.42 Å². The average Bonchev–Trinajstić information content (AvgIpc) is 2.12. The third-order valence-corrected chi connectivity index (χ3v) is 2.41. The van der Waals surface area contributed by atoms with Crippen molar-refractivity contribution in [3.63, 3.8) is 0 Å². The van der Waals surface area contributed by atoms with E-state index in [2.05, 4.69) is 11.2 Å². The quantitative estimate of drug-likeness (QED) is 0.703. The molecule has 0 heterocycles. The van der Waals surface area contributed by atoms with E-state index in [9.17, 15) is 4.79 Å². The van der Waals surface area contributed by atoms with Crippen LogP contribution in [-0.2, 0) is 4.74 Å². The Morgan fingerprint density at radius 1 is 1.36 bits per heavy atom. The van der Waals surface area contributed by atoms with Crippen LogP contribution in [-0.4, -0.2) is 18.7 Å². The van der Waals surface area contributed by atoms with Crippen LogP contribution < -0.4 is 5.32 Å². The molecule has 1 N–H and O–H groups in total. The van der Waals surface area contributed by atoms with Crippen molar-refractivity contribution in [3.05, 3.63) is 0 Å². The highest BCUT2D eigenvalue weighted by molar-refractivity contribution is 5.67. The molecule has 0 unspecified atom stereocenters. The standard InChI is InChI=1S/C11H19NO2/c1-7-11(8(2)3,9(4)5)14-10(13)12-6/h1,8-9H,2-6H3,(H,12,13). The molecule has 80 valence electrons. The first-order chi connectivity index (χ1) is 6.40. The highest BCUT2D eigenvalue weighted by atomic mass is 16.6. The summed E-state index contributed by atoms with van der Waals surface area (Å²) in [6.07, 6.45) is 4.98. The molecule has 0 radical (unpaired) electrons. The topological polar surface area (TPSA) is 38.3 Å². The van der Waals surface area contributed by atoms with Gasteiger partial charge in [0, 0.05) is 18.9 Å². The van der Waals surface area contributed by atoms with E-state index in [0.717, 1.165) is 0 Å². The second-order valence-electron chi connectivity index (χ2n) is 3.89. The van der Waals surface area contributed by atoms with Crippen molar-refractivity contribution < 1.29 is 9.53 Å². The Balaban J connectivity index is 4.89. The van der Waals surface area contributed by atoms with Gasteiger partial charge < -0.3 is 10.1 Å². The number of ether oxygens (including phenoxy) is 1.